The maximum Gasteiger partial charge on any atom is 0.0763 e. The lowest BCUT2D eigenvalue weighted by Gasteiger charge is -2.10. The highest BCUT2D eigenvalue weighted by Gasteiger charge is 2.10. The predicted octanol–water partition coefficient (Wildman–Crippen LogP) is 5.10. The van der Waals surface area contributed by atoms with Crippen LogP contribution in [0.3, 0.4) is 0 Å². The van der Waals surface area contributed by atoms with Gasteiger partial charge in [-0.3, -0.25) is 0 Å². The number of nitrogens with zero attached hydrogens (tertiary/aromatic N) is 2. The lowest BCUT2D eigenvalue weighted by Crippen LogP contribution is -2.03. The number of hydrogen-bond acceptors (Lipinski definition) is 2. The van der Waals surface area contributed by atoms with Crippen LogP contribution in [-0.2, 0) is 6.54 Å². The first kappa shape index (κ1) is 14.9. The number of halogens is 2. The van der Waals surface area contributed by atoms with Crippen molar-refractivity contribution in [3.8, 4) is 5.69 Å². The van der Waals surface area contributed by atoms with Crippen molar-refractivity contribution in [2.45, 2.75) is 13.5 Å². The summed E-state index contributed by atoms with van der Waals surface area (Å²) in [5, 5.41) is 9.10. The Morgan fingerprint density at radius 1 is 1.00 bits per heavy atom. The van der Waals surface area contributed by atoms with Crippen molar-refractivity contribution in [1.29, 1.82) is 0 Å². The fraction of sp³-hybridized carbons (Fsp3) is 0.118. The van der Waals surface area contributed by atoms with Gasteiger partial charge in [0.15, 0.2) is 0 Å². The molecule has 22 heavy (non-hydrogen) atoms. The second kappa shape index (κ2) is 6.42. The largest absolute Gasteiger partial charge is 0.378 e. The Morgan fingerprint density at radius 3 is 2.36 bits per heavy atom. The molecule has 0 atom stereocenters. The molecule has 0 aliphatic rings. The summed E-state index contributed by atoms with van der Waals surface area (Å²) in [5.41, 5.74) is 3.91. The van der Waals surface area contributed by atoms with E-state index < -0.39 is 0 Å². The number of para-hydroxylation sites is 1. The zero-order valence-electron chi connectivity index (χ0n) is 12.1. The smallest absolute Gasteiger partial charge is 0.0763 e. The molecule has 1 heterocycles. The highest BCUT2D eigenvalue weighted by Crippen LogP contribution is 2.26. The molecule has 5 heteroatoms. The molecule has 112 valence electrons. The molecule has 3 rings (SSSR count). The number of benzene rings is 2. The molecule has 0 bridgehead atoms. The van der Waals surface area contributed by atoms with Crippen molar-refractivity contribution in [3.63, 3.8) is 0 Å². The Hall–Kier alpha value is -1.97. The molecular weight excluding hydrogens is 317 g/mol. The van der Waals surface area contributed by atoms with Crippen molar-refractivity contribution in [2.24, 2.45) is 0 Å². The second-order valence-corrected chi connectivity index (χ2v) is 5.76. The minimum Gasteiger partial charge on any atom is -0.378 e. The normalized spacial score (nSPS) is 10.7. The fourth-order valence-electron chi connectivity index (χ4n) is 2.30. The van der Waals surface area contributed by atoms with Crippen molar-refractivity contribution in [1.82, 2.24) is 9.78 Å². The van der Waals surface area contributed by atoms with Crippen molar-refractivity contribution >= 4 is 28.9 Å². The summed E-state index contributed by atoms with van der Waals surface area (Å²) in [4.78, 5) is 0. The molecule has 3 nitrogen and oxygen atoms in total. The zero-order chi connectivity index (χ0) is 15.5. The third-order valence-corrected chi connectivity index (χ3v) is 4.24. The SMILES string of the molecule is Cc1c(NCc2c(Cl)cccc2Cl)cnn1-c1ccccc1. The summed E-state index contributed by atoms with van der Waals surface area (Å²) in [6.45, 7) is 2.58. The van der Waals surface area contributed by atoms with Gasteiger partial charge in [0.05, 0.1) is 23.3 Å². The summed E-state index contributed by atoms with van der Waals surface area (Å²) in [6.07, 6.45) is 1.81. The van der Waals surface area contributed by atoms with Gasteiger partial charge in [0.2, 0.25) is 0 Å². The van der Waals surface area contributed by atoms with Crippen molar-refractivity contribution < 1.29 is 0 Å². The molecule has 1 aromatic heterocycles. The molecule has 0 radical (unpaired) electrons. The highest BCUT2D eigenvalue weighted by atomic mass is 35.5. The number of rotatable bonds is 4. The van der Waals surface area contributed by atoms with Crippen LogP contribution >= 0.6 is 23.2 Å². The van der Waals surface area contributed by atoms with Crippen LogP contribution in [0.5, 0.6) is 0 Å². The van der Waals surface area contributed by atoms with E-state index in [-0.39, 0.29) is 0 Å². The summed E-state index contributed by atoms with van der Waals surface area (Å²) in [6, 6.07) is 15.5. The van der Waals surface area contributed by atoms with Crippen molar-refractivity contribution in [2.75, 3.05) is 5.32 Å². The summed E-state index contributed by atoms with van der Waals surface area (Å²) >= 11 is 12.4. The van der Waals surface area contributed by atoms with Crippen LogP contribution in [0.25, 0.3) is 5.69 Å². The Bertz CT molecular complexity index is 762. The van der Waals surface area contributed by atoms with E-state index in [1.807, 2.05) is 66.3 Å². The van der Waals surface area contributed by atoms with Gasteiger partial charge < -0.3 is 5.32 Å². The quantitative estimate of drug-likeness (QED) is 0.720. The van der Waals surface area contributed by atoms with Crippen LogP contribution in [0.4, 0.5) is 5.69 Å². The van der Waals surface area contributed by atoms with Crippen LogP contribution in [0, 0.1) is 6.92 Å². The maximum atomic E-state index is 6.19. The van der Waals surface area contributed by atoms with Gasteiger partial charge in [0.1, 0.15) is 0 Å². The van der Waals surface area contributed by atoms with Gasteiger partial charge in [-0.2, -0.15) is 5.10 Å². The Morgan fingerprint density at radius 2 is 1.68 bits per heavy atom. The van der Waals surface area contributed by atoms with E-state index in [1.54, 1.807) is 0 Å². The van der Waals surface area contributed by atoms with E-state index in [2.05, 4.69) is 10.4 Å². The molecule has 0 spiro atoms. The highest BCUT2D eigenvalue weighted by molar-refractivity contribution is 6.36. The molecule has 0 fully saturated rings. The molecule has 0 saturated heterocycles. The van der Waals surface area contributed by atoms with Gasteiger partial charge in [-0.1, -0.05) is 47.5 Å². The monoisotopic (exact) mass is 331 g/mol. The molecule has 1 N–H and O–H groups in total. The van der Waals surface area contributed by atoms with E-state index in [9.17, 15) is 0 Å². The minimum absolute atomic E-state index is 0.555. The fourth-order valence-corrected chi connectivity index (χ4v) is 2.83. The van der Waals surface area contributed by atoms with Gasteiger partial charge in [0, 0.05) is 22.2 Å². The summed E-state index contributed by atoms with van der Waals surface area (Å²) in [5.74, 6) is 0. The molecule has 0 aliphatic carbocycles. The van der Waals surface area contributed by atoms with Crippen LogP contribution in [0.2, 0.25) is 10.0 Å². The molecular formula is C17H15Cl2N3. The average molecular weight is 332 g/mol. The van der Waals surface area contributed by atoms with E-state index in [4.69, 9.17) is 23.2 Å². The number of nitrogens with one attached hydrogen (secondary N) is 1. The molecule has 2 aromatic carbocycles. The third-order valence-electron chi connectivity index (χ3n) is 3.53. The lowest BCUT2D eigenvalue weighted by molar-refractivity contribution is 0.847. The molecule has 0 amide bonds. The van der Waals surface area contributed by atoms with Crippen LogP contribution in [0.1, 0.15) is 11.3 Å². The van der Waals surface area contributed by atoms with Gasteiger partial charge in [-0.15, -0.1) is 0 Å². The van der Waals surface area contributed by atoms with Gasteiger partial charge in [0.25, 0.3) is 0 Å². The first-order chi connectivity index (χ1) is 10.7. The first-order valence-electron chi connectivity index (χ1n) is 6.93. The lowest BCUT2D eigenvalue weighted by atomic mass is 10.2. The van der Waals surface area contributed by atoms with E-state index >= 15 is 0 Å². The van der Waals surface area contributed by atoms with Crippen LogP contribution in [0.15, 0.2) is 54.7 Å². The van der Waals surface area contributed by atoms with Crippen LogP contribution < -0.4 is 5.32 Å². The topological polar surface area (TPSA) is 29.9 Å². The van der Waals surface area contributed by atoms with Crippen LogP contribution in [-0.4, -0.2) is 9.78 Å². The minimum atomic E-state index is 0.555. The van der Waals surface area contributed by atoms with E-state index in [1.165, 1.54) is 0 Å². The van der Waals surface area contributed by atoms with Gasteiger partial charge >= 0.3 is 0 Å². The third kappa shape index (κ3) is 2.96. The number of hydrogen-bond donors (Lipinski definition) is 1. The molecule has 0 unspecified atom stereocenters. The Labute approximate surface area is 139 Å². The standard InChI is InChI=1S/C17H15Cl2N3/c1-12-17(11-21-22(12)13-6-3-2-4-7-13)20-10-14-15(18)8-5-9-16(14)19/h2-9,11,20H,10H2,1H3. The van der Waals surface area contributed by atoms with Crippen molar-refractivity contribution in [3.05, 3.63) is 76.0 Å². The van der Waals surface area contributed by atoms with E-state index in [0.717, 1.165) is 22.6 Å². The molecule has 0 aliphatic heterocycles. The number of anilines is 1. The number of aromatic nitrogens is 2. The zero-order valence-corrected chi connectivity index (χ0v) is 13.6. The second-order valence-electron chi connectivity index (χ2n) is 4.94. The van der Waals surface area contributed by atoms with Gasteiger partial charge in [-0.25, -0.2) is 4.68 Å². The molecule has 0 saturated carbocycles. The summed E-state index contributed by atoms with van der Waals surface area (Å²) < 4.78 is 1.90. The maximum absolute atomic E-state index is 6.19. The van der Waals surface area contributed by atoms with Gasteiger partial charge in [-0.05, 0) is 31.2 Å². The summed E-state index contributed by atoms with van der Waals surface area (Å²) in [7, 11) is 0. The molecule has 3 aromatic rings. The predicted molar refractivity (Wildman–Crippen MR) is 92.1 cm³/mol. The first-order valence-corrected chi connectivity index (χ1v) is 7.69. The Balaban J connectivity index is 1.81. The average Bonchev–Trinajstić information content (AvgIpc) is 2.89. The van der Waals surface area contributed by atoms with E-state index in [0.29, 0.717) is 16.6 Å². The Kier molecular flexibility index (Phi) is 4.36.